The number of halogens is 1. The summed E-state index contributed by atoms with van der Waals surface area (Å²) in [5.74, 6) is 1.55. The van der Waals surface area contributed by atoms with Gasteiger partial charge in [0, 0.05) is 0 Å². The largest absolute Gasteiger partial charge is 0.492 e. The topological polar surface area (TPSA) is 35.2 Å². The Balaban J connectivity index is 2.01. The summed E-state index contributed by atoms with van der Waals surface area (Å²) in [5, 5.41) is 0.691. The first-order chi connectivity index (χ1) is 7.29. The maximum atomic E-state index is 6.04. The van der Waals surface area contributed by atoms with Crippen molar-refractivity contribution in [3.63, 3.8) is 0 Å². The molecule has 3 heteroatoms. The quantitative estimate of drug-likeness (QED) is 0.836. The zero-order valence-corrected chi connectivity index (χ0v) is 9.46. The maximum absolute atomic E-state index is 6.04. The number of rotatable bonds is 5. The monoisotopic (exact) mass is 225 g/mol. The Hall–Kier alpha value is -0.730. The molecule has 1 aliphatic rings. The first-order valence-electron chi connectivity index (χ1n) is 5.41. The SMILES string of the molecule is NCCc1ccc(Cl)c(OCC2CC2)c1. The summed E-state index contributed by atoms with van der Waals surface area (Å²) in [6.07, 6.45) is 3.46. The zero-order chi connectivity index (χ0) is 10.7. The molecule has 0 aliphatic heterocycles. The zero-order valence-electron chi connectivity index (χ0n) is 8.71. The molecule has 2 rings (SSSR count). The lowest BCUT2D eigenvalue weighted by Crippen LogP contribution is -2.04. The van der Waals surface area contributed by atoms with E-state index >= 15 is 0 Å². The second-order valence-corrected chi connectivity index (χ2v) is 4.47. The average Bonchev–Trinajstić information content (AvgIpc) is 3.03. The van der Waals surface area contributed by atoms with Crippen LogP contribution in [0.3, 0.4) is 0 Å². The van der Waals surface area contributed by atoms with Crippen LogP contribution < -0.4 is 10.5 Å². The predicted molar refractivity (Wildman–Crippen MR) is 62.4 cm³/mol. The van der Waals surface area contributed by atoms with Gasteiger partial charge < -0.3 is 10.5 Å². The van der Waals surface area contributed by atoms with Crippen molar-refractivity contribution >= 4 is 11.6 Å². The van der Waals surface area contributed by atoms with Crippen molar-refractivity contribution < 1.29 is 4.74 Å². The molecule has 0 bridgehead atoms. The Labute approximate surface area is 95.4 Å². The van der Waals surface area contributed by atoms with Crippen molar-refractivity contribution in [2.75, 3.05) is 13.2 Å². The Kier molecular flexibility index (Phi) is 3.49. The molecule has 1 aromatic rings. The Bertz CT molecular complexity index is 336. The highest BCUT2D eigenvalue weighted by Crippen LogP contribution is 2.32. The van der Waals surface area contributed by atoms with Crippen LogP contribution in [0, 0.1) is 5.92 Å². The first kappa shape index (κ1) is 10.8. The van der Waals surface area contributed by atoms with E-state index in [1.54, 1.807) is 0 Å². The van der Waals surface area contributed by atoms with Crippen LogP contribution in [0.2, 0.25) is 5.02 Å². The lowest BCUT2D eigenvalue weighted by atomic mass is 10.1. The van der Waals surface area contributed by atoms with E-state index in [2.05, 4.69) is 0 Å². The third kappa shape index (κ3) is 3.11. The van der Waals surface area contributed by atoms with Crippen LogP contribution in [-0.2, 0) is 6.42 Å². The maximum Gasteiger partial charge on any atom is 0.138 e. The van der Waals surface area contributed by atoms with Crippen LogP contribution in [0.5, 0.6) is 5.75 Å². The van der Waals surface area contributed by atoms with Crippen LogP contribution in [0.1, 0.15) is 18.4 Å². The molecule has 1 fully saturated rings. The molecule has 82 valence electrons. The Morgan fingerprint density at radius 3 is 2.87 bits per heavy atom. The molecule has 0 aromatic heterocycles. The van der Waals surface area contributed by atoms with Gasteiger partial charge in [0.2, 0.25) is 0 Å². The average molecular weight is 226 g/mol. The fraction of sp³-hybridized carbons (Fsp3) is 0.500. The lowest BCUT2D eigenvalue weighted by molar-refractivity contribution is 0.299. The van der Waals surface area contributed by atoms with Gasteiger partial charge in [-0.25, -0.2) is 0 Å². The van der Waals surface area contributed by atoms with Gasteiger partial charge in [-0.15, -0.1) is 0 Å². The molecule has 2 N–H and O–H groups in total. The van der Waals surface area contributed by atoms with Crippen molar-refractivity contribution in [2.45, 2.75) is 19.3 Å². The number of ether oxygens (including phenoxy) is 1. The molecule has 15 heavy (non-hydrogen) atoms. The van der Waals surface area contributed by atoms with Crippen LogP contribution in [0.15, 0.2) is 18.2 Å². The van der Waals surface area contributed by atoms with Crippen molar-refractivity contribution in [1.82, 2.24) is 0 Å². The van der Waals surface area contributed by atoms with E-state index in [9.17, 15) is 0 Å². The molecule has 0 saturated heterocycles. The number of benzene rings is 1. The third-order valence-electron chi connectivity index (χ3n) is 2.60. The van der Waals surface area contributed by atoms with Crippen molar-refractivity contribution in [1.29, 1.82) is 0 Å². The summed E-state index contributed by atoms with van der Waals surface area (Å²) in [5.41, 5.74) is 6.69. The van der Waals surface area contributed by atoms with Gasteiger partial charge in [0.15, 0.2) is 0 Å². The second-order valence-electron chi connectivity index (χ2n) is 4.06. The highest BCUT2D eigenvalue weighted by atomic mass is 35.5. The van der Waals surface area contributed by atoms with E-state index in [-0.39, 0.29) is 0 Å². The Morgan fingerprint density at radius 2 is 2.20 bits per heavy atom. The van der Waals surface area contributed by atoms with Gasteiger partial charge >= 0.3 is 0 Å². The summed E-state index contributed by atoms with van der Waals surface area (Å²) in [6.45, 7) is 1.45. The molecule has 1 aliphatic carbocycles. The number of hydrogen-bond acceptors (Lipinski definition) is 2. The molecule has 0 unspecified atom stereocenters. The van der Waals surface area contributed by atoms with E-state index in [1.807, 2.05) is 18.2 Å². The van der Waals surface area contributed by atoms with Gasteiger partial charge in [0.05, 0.1) is 11.6 Å². The van der Waals surface area contributed by atoms with Crippen molar-refractivity contribution in [2.24, 2.45) is 11.7 Å². The molecule has 0 heterocycles. The highest BCUT2D eigenvalue weighted by molar-refractivity contribution is 6.32. The first-order valence-corrected chi connectivity index (χ1v) is 5.78. The van der Waals surface area contributed by atoms with E-state index in [0.717, 1.165) is 24.7 Å². The molecule has 0 radical (unpaired) electrons. The van der Waals surface area contributed by atoms with Gasteiger partial charge in [0.25, 0.3) is 0 Å². The molecule has 0 atom stereocenters. The summed E-state index contributed by atoms with van der Waals surface area (Å²) in [4.78, 5) is 0. The lowest BCUT2D eigenvalue weighted by Gasteiger charge is -2.09. The Morgan fingerprint density at radius 1 is 1.40 bits per heavy atom. The third-order valence-corrected chi connectivity index (χ3v) is 2.91. The van der Waals surface area contributed by atoms with E-state index in [4.69, 9.17) is 22.1 Å². The number of nitrogens with two attached hydrogens (primary N) is 1. The molecule has 0 spiro atoms. The van der Waals surface area contributed by atoms with Gasteiger partial charge in [-0.2, -0.15) is 0 Å². The fourth-order valence-corrected chi connectivity index (χ4v) is 1.64. The fourth-order valence-electron chi connectivity index (χ4n) is 1.47. The molecular formula is C12H16ClNO. The highest BCUT2D eigenvalue weighted by Gasteiger charge is 2.22. The van der Waals surface area contributed by atoms with Gasteiger partial charge in [-0.1, -0.05) is 17.7 Å². The van der Waals surface area contributed by atoms with Crippen molar-refractivity contribution in [3.05, 3.63) is 28.8 Å². The molecule has 0 amide bonds. The number of hydrogen-bond donors (Lipinski definition) is 1. The minimum absolute atomic E-state index is 0.656. The van der Waals surface area contributed by atoms with Gasteiger partial charge in [-0.3, -0.25) is 0 Å². The minimum Gasteiger partial charge on any atom is -0.492 e. The van der Waals surface area contributed by atoms with Crippen LogP contribution >= 0.6 is 11.6 Å². The molecule has 1 saturated carbocycles. The van der Waals surface area contributed by atoms with E-state index < -0.39 is 0 Å². The van der Waals surface area contributed by atoms with Crippen LogP contribution in [-0.4, -0.2) is 13.2 Å². The van der Waals surface area contributed by atoms with E-state index in [0.29, 0.717) is 11.6 Å². The second kappa shape index (κ2) is 4.86. The smallest absolute Gasteiger partial charge is 0.138 e. The van der Waals surface area contributed by atoms with Gasteiger partial charge in [-0.05, 0) is 49.4 Å². The summed E-state index contributed by atoms with van der Waals surface area (Å²) >= 11 is 6.04. The summed E-state index contributed by atoms with van der Waals surface area (Å²) in [7, 11) is 0. The molecule has 1 aromatic carbocycles. The molecule has 2 nitrogen and oxygen atoms in total. The predicted octanol–water partition coefficient (Wildman–Crippen LogP) is 2.63. The van der Waals surface area contributed by atoms with Crippen molar-refractivity contribution in [3.8, 4) is 5.75 Å². The minimum atomic E-state index is 0.656. The van der Waals surface area contributed by atoms with Crippen LogP contribution in [0.4, 0.5) is 0 Å². The molecular weight excluding hydrogens is 210 g/mol. The standard InChI is InChI=1S/C12H16ClNO/c13-11-4-3-9(5-6-14)7-12(11)15-8-10-1-2-10/h3-4,7,10H,1-2,5-6,8,14H2. The summed E-state index contributed by atoms with van der Waals surface area (Å²) in [6, 6.07) is 5.88. The van der Waals surface area contributed by atoms with Crippen LogP contribution in [0.25, 0.3) is 0 Å². The summed E-state index contributed by atoms with van der Waals surface area (Å²) < 4.78 is 5.67. The van der Waals surface area contributed by atoms with E-state index in [1.165, 1.54) is 18.4 Å². The normalized spacial score (nSPS) is 15.3. The van der Waals surface area contributed by atoms with Gasteiger partial charge in [0.1, 0.15) is 5.75 Å².